The molecule has 1 heterocycles. The molecule has 1 saturated heterocycles. The summed E-state index contributed by atoms with van der Waals surface area (Å²) in [6.45, 7) is 4.83. The van der Waals surface area contributed by atoms with Crippen LogP contribution in [0.1, 0.15) is 51.4 Å². The van der Waals surface area contributed by atoms with Crippen molar-refractivity contribution in [3.63, 3.8) is 0 Å². The van der Waals surface area contributed by atoms with Gasteiger partial charge in [0.15, 0.2) is 0 Å². The van der Waals surface area contributed by atoms with Gasteiger partial charge in [-0.05, 0) is 50.7 Å². The number of nitrogens with two attached hydrogens (primary N) is 1. The van der Waals surface area contributed by atoms with Crippen molar-refractivity contribution >= 4 is 0 Å². The van der Waals surface area contributed by atoms with E-state index in [2.05, 4.69) is 4.90 Å². The molecular weight excluding hydrogens is 184 g/mol. The second-order valence-corrected chi connectivity index (χ2v) is 5.60. The van der Waals surface area contributed by atoms with E-state index in [0.717, 1.165) is 6.54 Å². The summed E-state index contributed by atoms with van der Waals surface area (Å²) in [5, 5.41) is 0. The summed E-state index contributed by atoms with van der Waals surface area (Å²) in [5.41, 5.74) is 6.49. The Balaban J connectivity index is 1.87. The van der Waals surface area contributed by atoms with E-state index in [-0.39, 0.29) is 0 Å². The maximum Gasteiger partial charge on any atom is 0.00501 e. The number of hydrogen-bond acceptors (Lipinski definition) is 2. The Morgan fingerprint density at radius 1 is 0.867 bits per heavy atom. The standard InChI is InChI=1S/C13H26N2/c14-11-13(7-3-4-8-13)12-15-9-5-1-2-6-10-15/h1-12,14H2. The SMILES string of the molecule is NCC1(CN2CCCCCC2)CCCC1. The average molecular weight is 210 g/mol. The summed E-state index contributed by atoms with van der Waals surface area (Å²) in [4.78, 5) is 2.69. The van der Waals surface area contributed by atoms with E-state index in [1.165, 1.54) is 71.0 Å². The molecule has 15 heavy (non-hydrogen) atoms. The van der Waals surface area contributed by atoms with Crippen LogP contribution in [0.3, 0.4) is 0 Å². The van der Waals surface area contributed by atoms with E-state index in [9.17, 15) is 0 Å². The molecule has 2 fully saturated rings. The highest BCUT2D eigenvalue weighted by Crippen LogP contribution is 2.38. The molecule has 2 nitrogen and oxygen atoms in total. The van der Waals surface area contributed by atoms with Gasteiger partial charge in [0.1, 0.15) is 0 Å². The van der Waals surface area contributed by atoms with Crippen LogP contribution >= 0.6 is 0 Å². The minimum atomic E-state index is 0.490. The molecule has 0 spiro atoms. The van der Waals surface area contributed by atoms with Crippen LogP contribution in [0.2, 0.25) is 0 Å². The van der Waals surface area contributed by atoms with Crippen LogP contribution in [0, 0.1) is 5.41 Å². The van der Waals surface area contributed by atoms with E-state index in [0.29, 0.717) is 5.41 Å². The molecule has 0 aromatic rings. The van der Waals surface area contributed by atoms with Crippen LogP contribution in [0.5, 0.6) is 0 Å². The molecule has 0 atom stereocenters. The molecule has 2 N–H and O–H groups in total. The zero-order valence-electron chi connectivity index (χ0n) is 10.0. The van der Waals surface area contributed by atoms with Gasteiger partial charge in [0, 0.05) is 6.54 Å². The van der Waals surface area contributed by atoms with Gasteiger partial charge >= 0.3 is 0 Å². The molecule has 0 unspecified atom stereocenters. The lowest BCUT2D eigenvalue weighted by Gasteiger charge is -2.34. The van der Waals surface area contributed by atoms with Gasteiger partial charge in [-0.25, -0.2) is 0 Å². The van der Waals surface area contributed by atoms with Crippen molar-refractivity contribution in [1.29, 1.82) is 0 Å². The average Bonchev–Trinajstić information content (AvgIpc) is 2.57. The van der Waals surface area contributed by atoms with Crippen molar-refractivity contribution in [2.24, 2.45) is 11.1 Å². The third-order valence-electron chi connectivity index (χ3n) is 4.35. The predicted octanol–water partition coefficient (Wildman–Crippen LogP) is 2.38. The molecule has 1 aliphatic heterocycles. The first-order chi connectivity index (χ1) is 7.35. The number of hydrogen-bond donors (Lipinski definition) is 1. The van der Waals surface area contributed by atoms with Crippen LogP contribution < -0.4 is 5.73 Å². The Kier molecular flexibility index (Phi) is 4.04. The Morgan fingerprint density at radius 3 is 2.00 bits per heavy atom. The zero-order valence-corrected chi connectivity index (χ0v) is 10.0. The lowest BCUT2D eigenvalue weighted by molar-refractivity contribution is 0.162. The normalized spacial score (nSPS) is 27.8. The first kappa shape index (κ1) is 11.4. The largest absolute Gasteiger partial charge is 0.330 e. The molecular formula is C13H26N2. The Hall–Kier alpha value is -0.0800. The lowest BCUT2D eigenvalue weighted by atomic mass is 9.85. The first-order valence-corrected chi connectivity index (χ1v) is 6.77. The van der Waals surface area contributed by atoms with Crippen molar-refractivity contribution in [2.75, 3.05) is 26.2 Å². The van der Waals surface area contributed by atoms with Crippen molar-refractivity contribution in [3.8, 4) is 0 Å². The number of rotatable bonds is 3. The zero-order chi connectivity index (χ0) is 10.6. The minimum Gasteiger partial charge on any atom is -0.330 e. The lowest BCUT2D eigenvalue weighted by Crippen LogP contribution is -2.41. The van der Waals surface area contributed by atoms with Crippen molar-refractivity contribution in [1.82, 2.24) is 4.90 Å². The molecule has 2 heteroatoms. The molecule has 2 aliphatic rings. The number of likely N-dealkylation sites (tertiary alicyclic amines) is 1. The van der Waals surface area contributed by atoms with E-state index in [4.69, 9.17) is 5.73 Å². The molecule has 88 valence electrons. The van der Waals surface area contributed by atoms with Gasteiger partial charge < -0.3 is 10.6 Å². The first-order valence-electron chi connectivity index (χ1n) is 6.77. The van der Waals surface area contributed by atoms with Crippen LogP contribution in [-0.2, 0) is 0 Å². The van der Waals surface area contributed by atoms with Crippen LogP contribution in [-0.4, -0.2) is 31.1 Å². The van der Waals surface area contributed by atoms with Crippen molar-refractivity contribution in [3.05, 3.63) is 0 Å². The summed E-state index contributed by atoms with van der Waals surface area (Å²) in [6.07, 6.45) is 11.2. The maximum atomic E-state index is 6.00. The monoisotopic (exact) mass is 210 g/mol. The Morgan fingerprint density at radius 2 is 1.47 bits per heavy atom. The quantitative estimate of drug-likeness (QED) is 0.775. The van der Waals surface area contributed by atoms with Gasteiger partial charge in [0.05, 0.1) is 0 Å². The highest BCUT2D eigenvalue weighted by Gasteiger charge is 2.34. The number of nitrogens with zero attached hydrogens (tertiary/aromatic N) is 1. The molecule has 0 aromatic heterocycles. The highest BCUT2D eigenvalue weighted by molar-refractivity contribution is 4.88. The fourth-order valence-electron chi connectivity index (χ4n) is 3.32. The third-order valence-corrected chi connectivity index (χ3v) is 4.35. The van der Waals surface area contributed by atoms with Gasteiger partial charge in [-0.1, -0.05) is 25.7 Å². The highest BCUT2D eigenvalue weighted by atomic mass is 15.1. The van der Waals surface area contributed by atoms with Gasteiger partial charge in [0.2, 0.25) is 0 Å². The molecule has 0 amide bonds. The summed E-state index contributed by atoms with van der Waals surface area (Å²) < 4.78 is 0. The topological polar surface area (TPSA) is 29.3 Å². The second-order valence-electron chi connectivity index (χ2n) is 5.60. The van der Waals surface area contributed by atoms with Crippen molar-refractivity contribution in [2.45, 2.75) is 51.4 Å². The van der Waals surface area contributed by atoms with Gasteiger partial charge in [-0.2, -0.15) is 0 Å². The summed E-state index contributed by atoms with van der Waals surface area (Å²) in [6, 6.07) is 0. The van der Waals surface area contributed by atoms with Gasteiger partial charge in [-0.15, -0.1) is 0 Å². The van der Waals surface area contributed by atoms with Crippen LogP contribution in [0.4, 0.5) is 0 Å². The molecule has 0 radical (unpaired) electrons. The van der Waals surface area contributed by atoms with Crippen molar-refractivity contribution < 1.29 is 0 Å². The molecule has 0 bridgehead atoms. The molecule has 0 aromatic carbocycles. The fourth-order valence-corrected chi connectivity index (χ4v) is 3.32. The molecule has 2 rings (SSSR count). The smallest absolute Gasteiger partial charge is 0.00501 e. The predicted molar refractivity (Wildman–Crippen MR) is 64.9 cm³/mol. The molecule has 1 saturated carbocycles. The van der Waals surface area contributed by atoms with E-state index in [1.54, 1.807) is 0 Å². The minimum absolute atomic E-state index is 0.490. The van der Waals surface area contributed by atoms with Gasteiger partial charge in [-0.3, -0.25) is 0 Å². The van der Waals surface area contributed by atoms with Crippen LogP contribution in [0.15, 0.2) is 0 Å². The Bertz CT molecular complexity index is 177. The molecule has 1 aliphatic carbocycles. The second kappa shape index (κ2) is 5.31. The third kappa shape index (κ3) is 2.94. The Labute approximate surface area is 94.2 Å². The van der Waals surface area contributed by atoms with Gasteiger partial charge in [0.25, 0.3) is 0 Å². The maximum absolute atomic E-state index is 6.00. The van der Waals surface area contributed by atoms with E-state index in [1.807, 2.05) is 0 Å². The fraction of sp³-hybridized carbons (Fsp3) is 1.00. The van der Waals surface area contributed by atoms with E-state index >= 15 is 0 Å². The summed E-state index contributed by atoms with van der Waals surface area (Å²) in [5.74, 6) is 0. The van der Waals surface area contributed by atoms with Crippen LogP contribution in [0.25, 0.3) is 0 Å². The summed E-state index contributed by atoms with van der Waals surface area (Å²) >= 11 is 0. The van der Waals surface area contributed by atoms with E-state index < -0.39 is 0 Å². The summed E-state index contributed by atoms with van der Waals surface area (Å²) in [7, 11) is 0.